The number of fused-ring (bicyclic) bond motifs is 1. The van der Waals surface area contributed by atoms with Crippen LogP contribution in [-0.4, -0.2) is 28.6 Å². The number of carbonyl (C=O) groups is 1. The highest BCUT2D eigenvalue weighted by Crippen LogP contribution is 2.26. The summed E-state index contributed by atoms with van der Waals surface area (Å²) in [6.07, 6.45) is 1.60. The molecule has 1 aromatic heterocycles. The first-order chi connectivity index (χ1) is 13.6. The van der Waals surface area contributed by atoms with E-state index in [-0.39, 0.29) is 5.91 Å². The number of amides is 1. The van der Waals surface area contributed by atoms with Gasteiger partial charge in [-0.2, -0.15) is 0 Å². The highest BCUT2D eigenvalue weighted by atomic mass is 16.5. The van der Waals surface area contributed by atoms with Crippen molar-refractivity contribution in [3.8, 4) is 5.75 Å². The summed E-state index contributed by atoms with van der Waals surface area (Å²) in [5.74, 6) is 2.39. The minimum absolute atomic E-state index is 0.0140. The van der Waals surface area contributed by atoms with Gasteiger partial charge in [0.05, 0.1) is 17.6 Å². The van der Waals surface area contributed by atoms with Crippen molar-refractivity contribution in [1.82, 2.24) is 14.9 Å². The summed E-state index contributed by atoms with van der Waals surface area (Å²) < 4.78 is 8.32. The van der Waals surface area contributed by atoms with E-state index in [1.807, 2.05) is 30.3 Å². The van der Waals surface area contributed by atoms with Gasteiger partial charge < -0.3 is 14.6 Å². The smallest absolute Gasteiger partial charge is 0.216 e. The van der Waals surface area contributed by atoms with Crippen molar-refractivity contribution >= 4 is 16.9 Å². The Labute approximate surface area is 166 Å². The third-order valence-corrected chi connectivity index (χ3v) is 4.78. The SMILES string of the molecule is CC(=O)NCCc1nc2ccccc2n1CCCOc1ccccc1C(C)C. The lowest BCUT2D eigenvalue weighted by Crippen LogP contribution is -2.23. The van der Waals surface area contributed by atoms with Gasteiger partial charge in [-0.25, -0.2) is 4.98 Å². The second kappa shape index (κ2) is 9.40. The molecule has 148 valence electrons. The fourth-order valence-electron chi connectivity index (χ4n) is 3.41. The number of aryl methyl sites for hydroxylation is 1. The maximum Gasteiger partial charge on any atom is 0.216 e. The van der Waals surface area contributed by atoms with Gasteiger partial charge in [0, 0.05) is 26.4 Å². The Morgan fingerprint density at radius 2 is 1.89 bits per heavy atom. The summed E-state index contributed by atoms with van der Waals surface area (Å²) in [7, 11) is 0. The molecule has 3 rings (SSSR count). The number of nitrogens with zero attached hydrogens (tertiary/aromatic N) is 2. The lowest BCUT2D eigenvalue weighted by atomic mass is 10.0. The molecule has 0 unspecified atom stereocenters. The quantitative estimate of drug-likeness (QED) is 0.564. The van der Waals surface area contributed by atoms with E-state index in [2.05, 4.69) is 41.9 Å². The lowest BCUT2D eigenvalue weighted by Gasteiger charge is -2.14. The standard InChI is InChI=1S/C23H29N3O2/c1-17(2)19-9-4-7-12-22(19)28-16-8-15-26-21-11-6-5-10-20(21)25-23(26)13-14-24-18(3)27/h4-7,9-12,17H,8,13-16H2,1-3H3,(H,24,27). The summed E-state index contributed by atoms with van der Waals surface area (Å²) in [6, 6.07) is 16.4. The zero-order valence-electron chi connectivity index (χ0n) is 16.9. The first-order valence-electron chi connectivity index (χ1n) is 9.96. The predicted octanol–water partition coefficient (Wildman–Crippen LogP) is 4.31. The van der Waals surface area contributed by atoms with E-state index >= 15 is 0 Å². The van der Waals surface area contributed by atoms with Crippen LogP contribution in [0, 0.1) is 0 Å². The Kier molecular flexibility index (Phi) is 6.69. The van der Waals surface area contributed by atoms with Crippen LogP contribution in [0.25, 0.3) is 11.0 Å². The van der Waals surface area contributed by atoms with Crippen molar-refractivity contribution in [3.63, 3.8) is 0 Å². The summed E-state index contributed by atoms with van der Waals surface area (Å²) >= 11 is 0. The molecule has 0 fully saturated rings. The van der Waals surface area contributed by atoms with E-state index in [0.717, 1.165) is 35.6 Å². The van der Waals surface area contributed by atoms with Gasteiger partial charge in [0.25, 0.3) is 0 Å². The molecule has 0 aliphatic rings. The Bertz CT molecular complexity index is 930. The molecule has 0 radical (unpaired) electrons. The molecule has 0 atom stereocenters. The van der Waals surface area contributed by atoms with Crippen molar-refractivity contribution in [3.05, 3.63) is 59.9 Å². The van der Waals surface area contributed by atoms with Gasteiger partial charge in [-0.15, -0.1) is 0 Å². The van der Waals surface area contributed by atoms with Crippen LogP contribution in [0.5, 0.6) is 5.75 Å². The molecular weight excluding hydrogens is 350 g/mol. The van der Waals surface area contributed by atoms with E-state index in [0.29, 0.717) is 25.5 Å². The summed E-state index contributed by atoms with van der Waals surface area (Å²) in [4.78, 5) is 15.9. The highest BCUT2D eigenvalue weighted by molar-refractivity contribution is 5.76. The Morgan fingerprint density at radius 3 is 2.68 bits per heavy atom. The molecule has 0 saturated heterocycles. The van der Waals surface area contributed by atoms with Crippen LogP contribution in [0.15, 0.2) is 48.5 Å². The second-order valence-electron chi connectivity index (χ2n) is 7.30. The maximum atomic E-state index is 11.2. The van der Waals surface area contributed by atoms with Gasteiger partial charge in [0.2, 0.25) is 5.91 Å². The number of hydrogen-bond donors (Lipinski definition) is 1. The number of benzene rings is 2. The number of hydrogen-bond acceptors (Lipinski definition) is 3. The molecule has 0 saturated carbocycles. The number of carbonyl (C=O) groups excluding carboxylic acids is 1. The lowest BCUT2D eigenvalue weighted by molar-refractivity contribution is -0.118. The Morgan fingerprint density at radius 1 is 1.14 bits per heavy atom. The van der Waals surface area contributed by atoms with Crippen LogP contribution < -0.4 is 10.1 Å². The Hall–Kier alpha value is -2.82. The third kappa shape index (κ3) is 4.91. The summed E-state index contributed by atoms with van der Waals surface area (Å²) in [5.41, 5.74) is 3.36. The van der Waals surface area contributed by atoms with Crippen molar-refractivity contribution in [1.29, 1.82) is 0 Å². The molecule has 0 spiro atoms. The van der Waals surface area contributed by atoms with Crippen molar-refractivity contribution < 1.29 is 9.53 Å². The maximum absolute atomic E-state index is 11.2. The summed E-state index contributed by atoms with van der Waals surface area (Å²) in [5, 5.41) is 2.85. The van der Waals surface area contributed by atoms with Crippen LogP contribution in [-0.2, 0) is 17.8 Å². The molecule has 28 heavy (non-hydrogen) atoms. The summed E-state index contributed by atoms with van der Waals surface area (Å²) in [6.45, 7) is 7.98. The monoisotopic (exact) mass is 379 g/mol. The molecule has 0 aliphatic carbocycles. The average molecular weight is 380 g/mol. The normalized spacial score (nSPS) is 11.1. The number of imidazole rings is 1. The van der Waals surface area contributed by atoms with Gasteiger partial charge in [-0.3, -0.25) is 4.79 Å². The first kappa shape index (κ1) is 19.9. The number of aromatic nitrogens is 2. The first-order valence-corrected chi connectivity index (χ1v) is 9.96. The number of para-hydroxylation sites is 3. The van der Waals surface area contributed by atoms with Crippen LogP contribution in [0.3, 0.4) is 0 Å². The third-order valence-electron chi connectivity index (χ3n) is 4.78. The fourth-order valence-corrected chi connectivity index (χ4v) is 3.41. The minimum atomic E-state index is -0.0140. The van der Waals surface area contributed by atoms with E-state index in [4.69, 9.17) is 9.72 Å². The molecule has 0 aliphatic heterocycles. The van der Waals surface area contributed by atoms with Crippen LogP contribution in [0.2, 0.25) is 0 Å². The Balaban J connectivity index is 1.65. The van der Waals surface area contributed by atoms with Crippen molar-refractivity contribution in [2.75, 3.05) is 13.2 Å². The molecule has 2 aromatic carbocycles. The molecule has 5 nitrogen and oxygen atoms in total. The van der Waals surface area contributed by atoms with Crippen LogP contribution >= 0.6 is 0 Å². The zero-order chi connectivity index (χ0) is 19.9. The molecule has 1 heterocycles. The van der Waals surface area contributed by atoms with Crippen molar-refractivity contribution in [2.24, 2.45) is 0 Å². The number of ether oxygens (including phenoxy) is 1. The molecule has 1 amide bonds. The molecular formula is C23H29N3O2. The highest BCUT2D eigenvalue weighted by Gasteiger charge is 2.11. The van der Waals surface area contributed by atoms with Crippen LogP contribution in [0.4, 0.5) is 0 Å². The van der Waals surface area contributed by atoms with E-state index < -0.39 is 0 Å². The average Bonchev–Trinajstić information content (AvgIpc) is 3.02. The zero-order valence-corrected chi connectivity index (χ0v) is 16.9. The van der Waals surface area contributed by atoms with Gasteiger partial charge in [0.15, 0.2) is 0 Å². The van der Waals surface area contributed by atoms with Gasteiger partial charge in [-0.05, 0) is 36.1 Å². The van der Waals surface area contributed by atoms with E-state index in [1.54, 1.807) is 0 Å². The van der Waals surface area contributed by atoms with Gasteiger partial charge in [0.1, 0.15) is 11.6 Å². The molecule has 3 aromatic rings. The predicted molar refractivity (Wildman–Crippen MR) is 113 cm³/mol. The molecule has 1 N–H and O–H groups in total. The van der Waals surface area contributed by atoms with E-state index in [1.165, 1.54) is 12.5 Å². The topological polar surface area (TPSA) is 56.2 Å². The molecule has 0 bridgehead atoms. The minimum Gasteiger partial charge on any atom is -0.493 e. The largest absolute Gasteiger partial charge is 0.493 e. The number of rotatable bonds is 9. The van der Waals surface area contributed by atoms with Gasteiger partial charge in [-0.1, -0.05) is 44.2 Å². The van der Waals surface area contributed by atoms with Crippen molar-refractivity contribution in [2.45, 2.75) is 46.1 Å². The fraction of sp³-hybridized carbons (Fsp3) is 0.391. The van der Waals surface area contributed by atoms with Crippen LogP contribution in [0.1, 0.15) is 44.5 Å². The molecule has 5 heteroatoms. The second-order valence-corrected chi connectivity index (χ2v) is 7.30. The van der Waals surface area contributed by atoms with Gasteiger partial charge >= 0.3 is 0 Å². The van der Waals surface area contributed by atoms with E-state index in [9.17, 15) is 4.79 Å². The number of nitrogens with one attached hydrogen (secondary N) is 1.